The molecule has 1 aliphatic rings. The number of amides is 2. The zero-order chi connectivity index (χ0) is 17.7. The maximum atomic E-state index is 12.6. The van der Waals surface area contributed by atoms with Crippen LogP contribution in [0.5, 0.6) is 0 Å². The number of carbonyl (C=O) groups is 2. The second-order valence-electron chi connectivity index (χ2n) is 6.59. The van der Waals surface area contributed by atoms with Crippen molar-refractivity contribution in [3.8, 4) is 0 Å². The summed E-state index contributed by atoms with van der Waals surface area (Å²) >= 11 is 0. The van der Waals surface area contributed by atoms with E-state index in [9.17, 15) is 9.59 Å². The molecule has 4 nitrogen and oxygen atoms in total. The normalized spacial score (nSPS) is 15.1. The molecule has 0 aliphatic heterocycles. The van der Waals surface area contributed by atoms with E-state index in [0.717, 1.165) is 36.9 Å². The predicted octanol–water partition coefficient (Wildman–Crippen LogP) is 3.89. The molecule has 0 unspecified atom stereocenters. The molecule has 4 heteroatoms. The Morgan fingerprint density at radius 1 is 1.00 bits per heavy atom. The molecule has 0 radical (unpaired) electrons. The van der Waals surface area contributed by atoms with Crippen molar-refractivity contribution >= 4 is 17.5 Å². The summed E-state index contributed by atoms with van der Waals surface area (Å²) in [6.45, 7) is 2.77. The van der Waals surface area contributed by atoms with Gasteiger partial charge in [0.1, 0.15) is 0 Å². The summed E-state index contributed by atoms with van der Waals surface area (Å²) in [6.07, 6.45) is 3.79. The molecule has 2 aromatic rings. The van der Waals surface area contributed by atoms with Gasteiger partial charge in [-0.25, -0.2) is 0 Å². The third kappa shape index (κ3) is 3.58. The lowest BCUT2D eigenvalue weighted by Gasteiger charge is -2.40. The number of nitrogens with one attached hydrogen (secondary N) is 2. The minimum Gasteiger partial charge on any atom is -0.355 e. The molecule has 1 aliphatic carbocycles. The van der Waals surface area contributed by atoms with Gasteiger partial charge in [-0.05, 0) is 49.1 Å². The Hall–Kier alpha value is -2.62. The van der Waals surface area contributed by atoms with Crippen molar-refractivity contribution < 1.29 is 9.59 Å². The van der Waals surface area contributed by atoms with E-state index in [2.05, 4.69) is 17.6 Å². The molecule has 0 bridgehead atoms. The van der Waals surface area contributed by atoms with Gasteiger partial charge in [0.15, 0.2) is 0 Å². The quantitative estimate of drug-likeness (QED) is 0.841. The Morgan fingerprint density at radius 3 is 2.24 bits per heavy atom. The number of carbonyl (C=O) groups excluding carboxylic acids is 2. The zero-order valence-electron chi connectivity index (χ0n) is 14.5. The summed E-state index contributed by atoms with van der Waals surface area (Å²) < 4.78 is 0. The van der Waals surface area contributed by atoms with Gasteiger partial charge in [0.25, 0.3) is 5.91 Å². The number of benzene rings is 2. The number of rotatable bonds is 6. The summed E-state index contributed by atoms with van der Waals surface area (Å²) in [6, 6.07) is 16.8. The second kappa shape index (κ2) is 7.51. The van der Waals surface area contributed by atoms with Gasteiger partial charge in [0.2, 0.25) is 5.91 Å². The Balaban J connectivity index is 1.71. The van der Waals surface area contributed by atoms with Crippen LogP contribution in [-0.2, 0) is 10.2 Å². The first-order valence-electron chi connectivity index (χ1n) is 8.91. The van der Waals surface area contributed by atoms with Gasteiger partial charge in [0, 0.05) is 17.8 Å². The van der Waals surface area contributed by atoms with Gasteiger partial charge in [-0.1, -0.05) is 43.7 Å². The van der Waals surface area contributed by atoms with E-state index in [0.29, 0.717) is 12.1 Å². The molecule has 2 aromatic carbocycles. The molecular formula is C21H24N2O2. The van der Waals surface area contributed by atoms with Crippen LogP contribution in [0.4, 0.5) is 5.69 Å². The van der Waals surface area contributed by atoms with Gasteiger partial charge >= 0.3 is 0 Å². The summed E-state index contributed by atoms with van der Waals surface area (Å²) in [5.41, 5.74) is 2.00. The molecule has 0 aromatic heterocycles. The highest BCUT2D eigenvalue weighted by Crippen LogP contribution is 2.44. The van der Waals surface area contributed by atoms with E-state index >= 15 is 0 Å². The molecule has 1 fully saturated rings. The van der Waals surface area contributed by atoms with Gasteiger partial charge in [0.05, 0.1) is 5.41 Å². The topological polar surface area (TPSA) is 58.2 Å². The summed E-state index contributed by atoms with van der Waals surface area (Å²) in [5.74, 6) is -0.00549. The van der Waals surface area contributed by atoms with Crippen LogP contribution in [0, 0.1) is 0 Å². The van der Waals surface area contributed by atoms with Crippen LogP contribution in [0.3, 0.4) is 0 Å². The number of hydrogen-bond donors (Lipinski definition) is 2. The largest absolute Gasteiger partial charge is 0.355 e. The van der Waals surface area contributed by atoms with Crippen LogP contribution in [0.15, 0.2) is 54.6 Å². The summed E-state index contributed by atoms with van der Waals surface area (Å²) in [4.78, 5) is 24.8. The monoisotopic (exact) mass is 336 g/mol. The van der Waals surface area contributed by atoms with Crippen molar-refractivity contribution in [1.29, 1.82) is 0 Å². The average molecular weight is 336 g/mol. The first-order valence-corrected chi connectivity index (χ1v) is 8.91. The molecule has 0 saturated heterocycles. The Kier molecular flexibility index (Phi) is 5.17. The maximum absolute atomic E-state index is 12.6. The zero-order valence-corrected chi connectivity index (χ0v) is 14.5. The van der Waals surface area contributed by atoms with Crippen LogP contribution in [-0.4, -0.2) is 18.4 Å². The van der Waals surface area contributed by atoms with E-state index in [1.54, 1.807) is 12.1 Å². The van der Waals surface area contributed by atoms with Crippen LogP contribution in [0.2, 0.25) is 0 Å². The molecule has 0 heterocycles. The summed E-state index contributed by atoms with van der Waals surface area (Å²) in [5, 5.41) is 5.93. The van der Waals surface area contributed by atoms with E-state index in [1.165, 1.54) is 0 Å². The average Bonchev–Trinajstić information content (AvgIpc) is 2.61. The minimum absolute atomic E-state index is 0.127. The lowest BCUT2D eigenvalue weighted by Crippen LogP contribution is -2.49. The van der Waals surface area contributed by atoms with Gasteiger partial charge in [-0.3, -0.25) is 9.59 Å². The van der Waals surface area contributed by atoms with Crippen molar-refractivity contribution in [2.45, 2.75) is 38.0 Å². The van der Waals surface area contributed by atoms with Crippen molar-refractivity contribution in [1.82, 2.24) is 5.32 Å². The van der Waals surface area contributed by atoms with Gasteiger partial charge < -0.3 is 10.6 Å². The lowest BCUT2D eigenvalue weighted by molar-refractivity contribution is -0.129. The molecule has 2 N–H and O–H groups in total. The highest BCUT2D eigenvalue weighted by atomic mass is 16.2. The Labute approximate surface area is 148 Å². The SMILES string of the molecule is CCCNC(=O)C1(c2ccc(NC(=O)c3ccccc3)cc2)CCC1. The molecule has 1 saturated carbocycles. The third-order valence-electron chi connectivity index (χ3n) is 4.91. The predicted molar refractivity (Wildman–Crippen MR) is 99.7 cm³/mol. The molecule has 0 atom stereocenters. The van der Waals surface area contributed by atoms with Crippen LogP contribution >= 0.6 is 0 Å². The maximum Gasteiger partial charge on any atom is 0.255 e. The molecule has 3 rings (SSSR count). The summed E-state index contributed by atoms with van der Waals surface area (Å²) in [7, 11) is 0. The van der Waals surface area contributed by atoms with E-state index in [4.69, 9.17) is 0 Å². The fourth-order valence-corrected chi connectivity index (χ4v) is 3.25. The second-order valence-corrected chi connectivity index (χ2v) is 6.59. The molecular weight excluding hydrogens is 312 g/mol. The number of anilines is 1. The molecule has 2 amide bonds. The van der Waals surface area contributed by atoms with Crippen molar-refractivity contribution in [3.05, 3.63) is 65.7 Å². The minimum atomic E-state index is -0.392. The van der Waals surface area contributed by atoms with Crippen molar-refractivity contribution in [3.63, 3.8) is 0 Å². The van der Waals surface area contributed by atoms with Crippen LogP contribution in [0.25, 0.3) is 0 Å². The highest BCUT2D eigenvalue weighted by Gasteiger charge is 2.45. The lowest BCUT2D eigenvalue weighted by atomic mass is 9.64. The van der Waals surface area contributed by atoms with Crippen LogP contribution < -0.4 is 10.6 Å². The van der Waals surface area contributed by atoms with Crippen molar-refractivity contribution in [2.75, 3.05) is 11.9 Å². The first kappa shape index (κ1) is 17.2. The molecule has 130 valence electrons. The van der Waals surface area contributed by atoms with Gasteiger partial charge in [-0.15, -0.1) is 0 Å². The van der Waals surface area contributed by atoms with E-state index < -0.39 is 5.41 Å². The van der Waals surface area contributed by atoms with E-state index in [1.807, 2.05) is 42.5 Å². The first-order chi connectivity index (χ1) is 12.2. The molecule has 25 heavy (non-hydrogen) atoms. The fourth-order valence-electron chi connectivity index (χ4n) is 3.25. The standard InChI is InChI=1S/C21H24N2O2/c1-2-15-22-20(25)21(13-6-14-21)17-9-11-18(12-10-17)23-19(24)16-7-4-3-5-8-16/h3-5,7-12H,2,6,13-15H2,1H3,(H,22,25)(H,23,24). The van der Waals surface area contributed by atoms with Crippen LogP contribution in [0.1, 0.15) is 48.5 Å². The third-order valence-corrected chi connectivity index (χ3v) is 4.91. The molecule has 0 spiro atoms. The smallest absolute Gasteiger partial charge is 0.255 e. The number of hydrogen-bond acceptors (Lipinski definition) is 2. The highest BCUT2D eigenvalue weighted by molar-refractivity contribution is 6.04. The van der Waals surface area contributed by atoms with E-state index in [-0.39, 0.29) is 11.8 Å². The Bertz CT molecular complexity index is 734. The fraction of sp³-hybridized carbons (Fsp3) is 0.333. The van der Waals surface area contributed by atoms with Crippen molar-refractivity contribution in [2.24, 2.45) is 0 Å². The van der Waals surface area contributed by atoms with Gasteiger partial charge in [-0.2, -0.15) is 0 Å². The Morgan fingerprint density at radius 2 is 1.68 bits per heavy atom.